The molecule has 3 aromatic rings. The van der Waals surface area contributed by atoms with E-state index in [0.717, 1.165) is 0 Å². The van der Waals surface area contributed by atoms with Gasteiger partial charge in [0.15, 0.2) is 5.82 Å². The number of cyclic esters (lactones) is 1. The largest absolute Gasteiger partial charge is 0.446 e. The number of nitriles is 1. The molecule has 1 fully saturated rings. The molecule has 0 aliphatic carbocycles. The number of nitrogens with zero attached hydrogens (tertiary/aromatic N) is 6. The van der Waals surface area contributed by atoms with Crippen LogP contribution in [0, 0.1) is 11.3 Å². The molecule has 4 rings (SSSR count). The number of ether oxygens (including phenoxy) is 1. The Morgan fingerprint density at radius 3 is 2.92 bits per heavy atom. The van der Waals surface area contributed by atoms with Crippen LogP contribution in [0.25, 0.3) is 22.3 Å². The van der Waals surface area contributed by atoms with Crippen LogP contribution in [0.15, 0.2) is 18.6 Å². The fourth-order valence-electron chi connectivity index (χ4n) is 2.86. The van der Waals surface area contributed by atoms with Gasteiger partial charge in [0.1, 0.15) is 30.3 Å². The second-order valence-electron chi connectivity index (χ2n) is 6.62. The van der Waals surface area contributed by atoms with Gasteiger partial charge >= 0.3 is 6.09 Å². The Kier molecular flexibility index (Phi) is 3.33. The highest BCUT2D eigenvalue weighted by Crippen LogP contribution is 2.30. The van der Waals surface area contributed by atoms with E-state index in [1.165, 1.54) is 16.0 Å². The molecule has 1 saturated heterocycles. The Morgan fingerprint density at radius 1 is 1.42 bits per heavy atom. The molecular weight excluding hydrogens is 336 g/mol. The lowest BCUT2D eigenvalue weighted by Gasteiger charge is -2.28. The number of nitrogens with one attached hydrogen (secondary N) is 2. The molecule has 2 N–H and O–H groups in total. The predicted octanol–water partition coefficient (Wildman–Crippen LogP) is 1.79. The van der Waals surface area contributed by atoms with Gasteiger partial charge in [-0.25, -0.2) is 19.8 Å². The lowest BCUT2D eigenvalue weighted by Crippen LogP contribution is -2.45. The Labute approximate surface area is 148 Å². The topological polar surface area (TPSA) is 125 Å². The minimum Gasteiger partial charge on any atom is -0.446 e. The standard InChI is InChI=1S/C16H16N8O2/c1-16(2)7-26-15(25)24(16)22-14-9-4-11(21-13(9)18-8-19-14)10-6-20-23(3)12(10)5-17/h4,6,8H,7H2,1-3H3,(H2,18,19,21,22). The number of rotatable bonds is 3. The normalized spacial score (nSPS) is 15.9. The number of aryl methyl sites for hydroxylation is 1. The first-order chi connectivity index (χ1) is 12.4. The van der Waals surface area contributed by atoms with E-state index >= 15 is 0 Å². The highest BCUT2D eigenvalue weighted by Gasteiger charge is 2.40. The molecule has 0 aromatic carbocycles. The monoisotopic (exact) mass is 352 g/mol. The molecule has 0 atom stereocenters. The van der Waals surface area contributed by atoms with Crippen LogP contribution >= 0.6 is 0 Å². The lowest BCUT2D eigenvalue weighted by molar-refractivity contribution is 0.162. The Balaban J connectivity index is 1.77. The predicted molar refractivity (Wildman–Crippen MR) is 91.7 cm³/mol. The molecule has 0 radical (unpaired) electrons. The highest BCUT2D eigenvalue weighted by atomic mass is 16.6. The Bertz CT molecular complexity index is 1060. The summed E-state index contributed by atoms with van der Waals surface area (Å²) in [6.07, 6.45) is 2.55. The van der Waals surface area contributed by atoms with Crippen LogP contribution in [0.1, 0.15) is 19.5 Å². The van der Waals surface area contributed by atoms with Crippen molar-refractivity contribution in [3.63, 3.8) is 0 Å². The van der Waals surface area contributed by atoms with Gasteiger partial charge in [-0.05, 0) is 19.9 Å². The molecular formula is C16H16N8O2. The van der Waals surface area contributed by atoms with E-state index in [1.54, 1.807) is 13.2 Å². The first-order valence-electron chi connectivity index (χ1n) is 7.90. The van der Waals surface area contributed by atoms with Gasteiger partial charge in [0.25, 0.3) is 0 Å². The minimum absolute atomic E-state index is 0.284. The van der Waals surface area contributed by atoms with Crippen molar-refractivity contribution in [3.05, 3.63) is 24.3 Å². The summed E-state index contributed by atoms with van der Waals surface area (Å²) in [5, 5.41) is 15.5. The van der Waals surface area contributed by atoms with Crippen molar-refractivity contribution < 1.29 is 9.53 Å². The van der Waals surface area contributed by atoms with Gasteiger partial charge in [-0.1, -0.05) is 0 Å². The van der Waals surface area contributed by atoms with E-state index in [1.807, 2.05) is 19.9 Å². The molecule has 0 unspecified atom stereocenters. The fourth-order valence-corrected chi connectivity index (χ4v) is 2.86. The maximum absolute atomic E-state index is 12.0. The van der Waals surface area contributed by atoms with Crippen LogP contribution in [0.3, 0.4) is 0 Å². The van der Waals surface area contributed by atoms with Gasteiger partial charge in [-0.2, -0.15) is 10.4 Å². The average molecular weight is 352 g/mol. The van der Waals surface area contributed by atoms with Crippen LogP contribution < -0.4 is 5.43 Å². The van der Waals surface area contributed by atoms with Crippen molar-refractivity contribution in [1.29, 1.82) is 5.26 Å². The zero-order valence-corrected chi connectivity index (χ0v) is 14.4. The molecule has 10 nitrogen and oxygen atoms in total. The number of aromatic amines is 1. The van der Waals surface area contributed by atoms with Crippen LogP contribution in [-0.4, -0.2) is 48.0 Å². The van der Waals surface area contributed by atoms with Gasteiger partial charge in [0, 0.05) is 7.05 Å². The second-order valence-corrected chi connectivity index (χ2v) is 6.62. The van der Waals surface area contributed by atoms with Crippen molar-refractivity contribution in [2.24, 2.45) is 7.05 Å². The summed E-state index contributed by atoms with van der Waals surface area (Å²) in [5.74, 6) is 0.465. The molecule has 4 heterocycles. The summed E-state index contributed by atoms with van der Waals surface area (Å²) >= 11 is 0. The van der Waals surface area contributed by atoms with Crippen LogP contribution in [0.5, 0.6) is 0 Å². The van der Waals surface area contributed by atoms with Crippen molar-refractivity contribution in [2.75, 3.05) is 12.0 Å². The van der Waals surface area contributed by atoms with Crippen LogP contribution in [0.4, 0.5) is 10.6 Å². The van der Waals surface area contributed by atoms with Crippen molar-refractivity contribution in [3.8, 4) is 17.3 Å². The summed E-state index contributed by atoms with van der Waals surface area (Å²) in [6, 6.07) is 3.96. The molecule has 132 valence electrons. The maximum Gasteiger partial charge on any atom is 0.429 e. The van der Waals surface area contributed by atoms with Gasteiger partial charge in [0.05, 0.1) is 28.4 Å². The fraction of sp³-hybridized carbons (Fsp3) is 0.312. The number of hydrogen-bond donors (Lipinski definition) is 2. The minimum atomic E-state index is -0.509. The molecule has 0 saturated carbocycles. The second kappa shape index (κ2) is 5.45. The van der Waals surface area contributed by atoms with Gasteiger partial charge in [-0.15, -0.1) is 0 Å². The van der Waals surface area contributed by atoms with Gasteiger partial charge in [0.2, 0.25) is 0 Å². The molecule has 26 heavy (non-hydrogen) atoms. The number of fused-ring (bicyclic) bond motifs is 1. The quantitative estimate of drug-likeness (QED) is 0.736. The zero-order valence-electron chi connectivity index (χ0n) is 14.4. The van der Waals surface area contributed by atoms with Gasteiger partial charge in [-0.3, -0.25) is 10.1 Å². The third-order valence-electron chi connectivity index (χ3n) is 4.31. The van der Waals surface area contributed by atoms with Crippen molar-refractivity contribution in [1.82, 2.24) is 29.7 Å². The maximum atomic E-state index is 12.0. The summed E-state index contributed by atoms with van der Waals surface area (Å²) < 4.78 is 6.61. The van der Waals surface area contributed by atoms with Crippen LogP contribution in [-0.2, 0) is 11.8 Å². The third kappa shape index (κ3) is 2.33. The van der Waals surface area contributed by atoms with E-state index in [4.69, 9.17) is 4.74 Å². The number of hydrogen-bond acceptors (Lipinski definition) is 7. The molecule has 0 spiro atoms. The molecule has 10 heteroatoms. The van der Waals surface area contributed by atoms with Crippen molar-refractivity contribution >= 4 is 22.9 Å². The number of amides is 1. The zero-order chi connectivity index (χ0) is 18.5. The van der Waals surface area contributed by atoms with Gasteiger partial charge < -0.3 is 9.72 Å². The van der Waals surface area contributed by atoms with E-state index in [2.05, 4.69) is 31.5 Å². The summed E-state index contributed by atoms with van der Waals surface area (Å²) in [7, 11) is 1.71. The smallest absolute Gasteiger partial charge is 0.429 e. The first-order valence-corrected chi connectivity index (χ1v) is 7.90. The number of carbonyl (C=O) groups excluding carboxylic acids is 1. The SMILES string of the molecule is Cn1ncc(-c2cc3c(NN4C(=O)OCC4(C)C)ncnc3[nH]2)c1C#N. The average Bonchev–Trinajstić information content (AvgIpc) is 3.26. The molecule has 3 aromatic heterocycles. The molecule has 1 amide bonds. The molecule has 1 aliphatic rings. The lowest BCUT2D eigenvalue weighted by atomic mass is 10.1. The van der Waals surface area contributed by atoms with E-state index < -0.39 is 11.6 Å². The summed E-state index contributed by atoms with van der Waals surface area (Å²) in [6.45, 7) is 4.06. The first kappa shape index (κ1) is 15.9. The van der Waals surface area contributed by atoms with Crippen LogP contribution in [0.2, 0.25) is 0 Å². The van der Waals surface area contributed by atoms with E-state index in [-0.39, 0.29) is 6.61 Å². The third-order valence-corrected chi connectivity index (χ3v) is 4.31. The Morgan fingerprint density at radius 2 is 2.23 bits per heavy atom. The van der Waals surface area contributed by atoms with E-state index in [9.17, 15) is 10.1 Å². The summed E-state index contributed by atoms with van der Waals surface area (Å²) in [4.78, 5) is 23.6. The number of H-pyrrole nitrogens is 1. The van der Waals surface area contributed by atoms with Crippen molar-refractivity contribution in [2.45, 2.75) is 19.4 Å². The van der Waals surface area contributed by atoms with E-state index in [0.29, 0.717) is 33.8 Å². The number of carbonyl (C=O) groups is 1. The molecule has 1 aliphatic heterocycles. The highest BCUT2D eigenvalue weighted by molar-refractivity contribution is 5.92. The number of aromatic nitrogens is 5. The molecule has 0 bridgehead atoms. The number of hydrazine groups is 1. The summed E-state index contributed by atoms with van der Waals surface area (Å²) in [5.41, 5.74) is 4.89. The number of anilines is 1. The Hall–Kier alpha value is -3.61.